The summed E-state index contributed by atoms with van der Waals surface area (Å²) < 4.78 is 32.9. The fraction of sp³-hybridized carbons (Fsp3) is 0.0233. The molecule has 0 N–H and O–H groups in total. The van der Waals surface area contributed by atoms with E-state index in [0.29, 0.717) is 0 Å². The predicted molar refractivity (Wildman–Crippen MR) is 204 cm³/mol. The number of para-hydroxylation sites is 6. The van der Waals surface area contributed by atoms with Crippen LogP contribution in [0.5, 0.6) is 34.5 Å². The van der Waals surface area contributed by atoms with Gasteiger partial charge in [0.2, 0.25) is 0 Å². The van der Waals surface area contributed by atoms with Crippen LogP contribution in [0.25, 0.3) is 55.0 Å². The van der Waals surface area contributed by atoms with Gasteiger partial charge in [0.1, 0.15) is 34.5 Å². The van der Waals surface area contributed by atoms with Gasteiger partial charge in [0.15, 0.2) is 0 Å². The van der Waals surface area contributed by atoms with Crippen LogP contribution < -0.4 is 40.6 Å². The summed E-state index contributed by atoms with van der Waals surface area (Å²) >= 11 is 0. The van der Waals surface area contributed by atoms with Gasteiger partial charge in [-0.2, -0.15) is 0 Å². The molecule has 8 heteroatoms. The summed E-state index contributed by atoms with van der Waals surface area (Å²) in [7, 11) is 0. The molecule has 13 rings (SSSR count). The summed E-state index contributed by atoms with van der Waals surface area (Å²) in [6.45, 7) is 1.24. The van der Waals surface area contributed by atoms with Crippen LogP contribution in [0, 0.1) is 6.92 Å². The van der Waals surface area contributed by atoms with Crippen LogP contribution >= 0.6 is 0 Å². The summed E-state index contributed by atoms with van der Waals surface area (Å²) in [6.07, 6.45) is 0. The smallest absolute Gasteiger partial charge is 0.436 e. The molecule has 0 spiro atoms. The summed E-state index contributed by atoms with van der Waals surface area (Å²) in [5, 5.41) is 4.75. The Hall–Kier alpha value is -6.53. The number of rotatable bonds is 0. The van der Waals surface area contributed by atoms with Gasteiger partial charge in [-0.1, -0.05) is 66.7 Å². The van der Waals surface area contributed by atoms with E-state index in [1.165, 1.54) is 21.5 Å². The van der Waals surface area contributed by atoms with Crippen LogP contribution in [0.2, 0.25) is 0 Å². The molecule has 9 aromatic rings. The maximum absolute atomic E-state index is 7.15. The van der Waals surface area contributed by atoms with Gasteiger partial charge in [0.05, 0.1) is 33.4 Å². The molecule has 4 aliphatic heterocycles. The summed E-state index contributed by atoms with van der Waals surface area (Å²) in [5.74, 6) is 4.76. The molecule has 51 heavy (non-hydrogen) atoms. The number of nitrogens with zero attached hydrogens (tertiary/aromatic N) is 2. The van der Waals surface area contributed by atoms with Gasteiger partial charge in [-0.25, -0.2) is 0 Å². The SMILES string of the molecule is Cc1c2c(cc3c1Oc1ccc4c5ccccc5n5c4c1B3Oc1ccccc1-5)B1Oc3ccccc3-n3c4ccccc4c4ccc(c1c43)O2. The van der Waals surface area contributed by atoms with Gasteiger partial charge in [-0.05, 0) is 67.6 Å². The molecule has 4 aliphatic rings. The first-order valence-electron chi connectivity index (χ1n) is 17.4. The molecule has 6 nitrogen and oxygen atoms in total. The van der Waals surface area contributed by atoms with Gasteiger partial charge in [0.25, 0.3) is 0 Å². The molecule has 0 radical (unpaired) electrons. The predicted octanol–water partition coefficient (Wildman–Crippen LogP) is 7.40. The van der Waals surface area contributed by atoms with Crippen LogP contribution in [0.3, 0.4) is 0 Å². The van der Waals surface area contributed by atoms with Crippen molar-refractivity contribution in [3.05, 3.63) is 133 Å². The van der Waals surface area contributed by atoms with E-state index < -0.39 is 13.8 Å². The first kappa shape index (κ1) is 26.4. The Bertz CT molecular complexity index is 2890. The van der Waals surface area contributed by atoms with E-state index in [-0.39, 0.29) is 0 Å². The van der Waals surface area contributed by atoms with E-state index in [9.17, 15) is 0 Å². The molecule has 0 aliphatic carbocycles. The third-order valence-corrected chi connectivity index (χ3v) is 11.4. The Morgan fingerprint density at radius 1 is 0.451 bits per heavy atom. The molecule has 0 saturated heterocycles. The van der Waals surface area contributed by atoms with Crippen LogP contribution in [0.1, 0.15) is 5.56 Å². The fourth-order valence-electron chi connectivity index (χ4n) is 9.32. The molecule has 7 aromatic carbocycles. The van der Waals surface area contributed by atoms with Gasteiger partial charge < -0.3 is 27.9 Å². The zero-order chi connectivity index (χ0) is 33.1. The number of hydrogen-bond acceptors (Lipinski definition) is 4. The highest BCUT2D eigenvalue weighted by atomic mass is 16.5. The van der Waals surface area contributed by atoms with Crippen molar-refractivity contribution >= 4 is 79.3 Å². The molecule has 6 heterocycles. The van der Waals surface area contributed by atoms with Gasteiger partial charge >= 0.3 is 13.8 Å². The molecular formula is C43H24B2N2O4. The lowest BCUT2D eigenvalue weighted by molar-refractivity contribution is 0.454. The molecule has 0 unspecified atom stereocenters. The Morgan fingerprint density at radius 2 is 0.902 bits per heavy atom. The van der Waals surface area contributed by atoms with Gasteiger partial charge in [-0.3, -0.25) is 0 Å². The zero-order valence-corrected chi connectivity index (χ0v) is 27.3. The molecule has 0 saturated carbocycles. The van der Waals surface area contributed by atoms with Crippen LogP contribution in [-0.2, 0) is 0 Å². The lowest BCUT2D eigenvalue weighted by Crippen LogP contribution is -2.56. The third-order valence-electron chi connectivity index (χ3n) is 11.4. The minimum Gasteiger partial charge on any atom is -0.550 e. The van der Waals surface area contributed by atoms with E-state index in [2.05, 4.69) is 131 Å². The average molecular weight is 654 g/mol. The number of benzene rings is 7. The van der Waals surface area contributed by atoms with Crippen molar-refractivity contribution < 1.29 is 18.8 Å². The molecular weight excluding hydrogens is 630 g/mol. The standard InChI is InChI=1S/C43H24B2N2O4/c1-23-42-28(44-38-36(48-42)20-18-26-24-10-2-4-12-30(24)46(40(26)38)32-14-6-8-16-34(32)50-44)22-29-43(23)49-37-21-19-27-25-11-3-5-13-31(25)47-33-15-7-9-17-35(33)51-45(29)39(37)41(27)47/h2-22H,1H3. The lowest BCUT2D eigenvalue weighted by atomic mass is 9.48. The number of ether oxygens (including phenoxy) is 2. The number of aromatic nitrogens is 2. The highest BCUT2D eigenvalue weighted by Gasteiger charge is 2.47. The van der Waals surface area contributed by atoms with Crippen molar-refractivity contribution in [3.8, 4) is 45.9 Å². The van der Waals surface area contributed by atoms with Crippen LogP contribution in [-0.4, -0.2) is 23.0 Å². The van der Waals surface area contributed by atoms with Gasteiger partial charge in [0, 0.05) is 49.0 Å². The van der Waals surface area contributed by atoms with Crippen molar-refractivity contribution in [1.82, 2.24) is 9.13 Å². The van der Waals surface area contributed by atoms with Crippen molar-refractivity contribution in [1.29, 1.82) is 0 Å². The maximum Gasteiger partial charge on any atom is 0.436 e. The van der Waals surface area contributed by atoms with E-state index in [1.807, 2.05) is 12.1 Å². The van der Waals surface area contributed by atoms with Crippen molar-refractivity contribution in [2.45, 2.75) is 6.92 Å². The number of fused-ring (bicyclic) bond motifs is 14. The summed E-state index contributed by atoms with van der Waals surface area (Å²) in [6, 6.07) is 44.7. The largest absolute Gasteiger partial charge is 0.550 e. The highest BCUT2D eigenvalue weighted by Crippen LogP contribution is 2.45. The zero-order valence-electron chi connectivity index (χ0n) is 27.3. The first-order chi connectivity index (χ1) is 25.2. The van der Waals surface area contributed by atoms with E-state index in [0.717, 1.165) is 95.4 Å². The normalized spacial score (nSPS) is 14.1. The quantitative estimate of drug-likeness (QED) is 0.160. The molecule has 0 amide bonds. The second-order valence-electron chi connectivity index (χ2n) is 13.9. The van der Waals surface area contributed by atoms with Crippen molar-refractivity contribution in [2.24, 2.45) is 0 Å². The first-order valence-corrected chi connectivity index (χ1v) is 17.4. The van der Waals surface area contributed by atoms with Gasteiger partial charge in [-0.15, -0.1) is 0 Å². The third kappa shape index (κ3) is 3.09. The summed E-state index contributed by atoms with van der Waals surface area (Å²) in [5.41, 5.74) is 11.4. The fourth-order valence-corrected chi connectivity index (χ4v) is 9.32. The Morgan fingerprint density at radius 3 is 1.41 bits per heavy atom. The van der Waals surface area contributed by atoms with E-state index >= 15 is 0 Å². The minimum atomic E-state index is -0.426. The minimum absolute atomic E-state index is 0.426. The second kappa shape index (κ2) is 8.97. The van der Waals surface area contributed by atoms with Crippen LogP contribution in [0.4, 0.5) is 0 Å². The maximum atomic E-state index is 7.15. The number of hydrogen-bond donors (Lipinski definition) is 0. The molecule has 0 atom stereocenters. The molecule has 0 bridgehead atoms. The average Bonchev–Trinajstić information content (AvgIpc) is 3.56. The van der Waals surface area contributed by atoms with Crippen LogP contribution in [0.15, 0.2) is 127 Å². The Balaban J connectivity index is 1.12. The van der Waals surface area contributed by atoms with Crippen molar-refractivity contribution in [2.75, 3.05) is 0 Å². The van der Waals surface area contributed by atoms with Crippen molar-refractivity contribution in [3.63, 3.8) is 0 Å². The monoisotopic (exact) mass is 654 g/mol. The molecule has 236 valence electrons. The van der Waals surface area contributed by atoms with E-state index in [1.54, 1.807) is 0 Å². The lowest BCUT2D eigenvalue weighted by Gasteiger charge is -2.32. The Labute approximate surface area is 292 Å². The Kier molecular flexibility index (Phi) is 4.64. The topological polar surface area (TPSA) is 46.8 Å². The second-order valence-corrected chi connectivity index (χ2v) is 13.9. The molecule has 0 fully saturated rings. The highest BCUT2D eigenvalue weighted by molar-refractivity contribution is 6.87. The van der Waals surface area contributed by atoms with E-state index in [4.69, 9.17) is 18.8 Å². The summed E-state index contributed by atoms with van der Waals surface area (Å²) in [4.78, 5) is 0. The molecule has 2 aromatic heterocycles.